The largest absolute Gasteiger partial charge is 0.471 e. The Kier molecular flexibility index (Phi) is 5.97. The molecule has 8 heteroatoms. The summed E-state index contributed by atoms with van der Waals surface area (Å²) < 4.78 is 41.7. The molecule has 2 N–H and O–H groups in total. The zero-order valence-corrected chi connectivity index (χ0v) is 12.5. The number of hydrogen-bond donors (Lipinski definition) is 2. The third kappa shape index (κ3) is 5.49. The molecule has 1 saturated heterocycles. The lowest BCUT2D eigenvalue weighted by atomic mass is 10.1. The summed E-state index contributed by atoms with van der Waals surface area (Å²) in [5.41, 5.74) is 0.639. The summed E-state index contributed by atoms with van der Waals surface area (Å²) >= 11 is 0. The lowest BCUT2D eigenvalue weighted by molar-refractivity contribution is -0.167. The van der Waals surface area contributed by atoms with E-state index in [4.69, 9.17) is 4.74 Å². The summed E-state index contributed by atoms with van der Waals surface area (Å²) in [7, 11) is 0. The van der Waals surface area contributed by atoms with E-state index >= 15 is 0 Å². The van der Waals surface area contributed by atoms with E-state index in [1.54, 1.807) is 5.32 Å². The van der Waals surface area contributed by atoms with E-state index < -0.39 is 18.2 Å². The average molecular weight is 332 g/mol. The van der Waals surface area contributed by atoms with Gasteiger partial charge in [-0.05, 0) is 24.1 Å². The maximum atomic E-state index is 12.2. The maximum Gasteiger partial charge on any atom is 0.471 e. The molecule has 1 aliphatic heterocycles. The molecule has 1 unspecified atom stereocenters. The number of carbonyl (C=O) groups is 1. The van der Waals surface area contributed by atoms with E-state index in [-0.39, 0.29) is 5.69 Å². The number of morpholine rings is 1. The highest BCUT2D eigenvalue weighted by Gasteiger charge is 2.38. The lowest BCUT2D eigenvalue weighted by Crippen LogP contribution is -2.37. The van der Waals surface area contributed by atoms with Gasteiger partial charge in [0.25, 0.3) is 0 Å². The van der Waals surface area contributed by atoms with Crippen LogP contribution in [0.1, 0.15) is 18.1 Å². The van der Waals surface area contributed by atoms with E-state index in [0.29, 0.717) is 25.2 Å². The topological polar surface area (TPSA) is 61.8 Å². The zero-order chi connectivity index (χ0) is 16.9. The van der Waals surface area contributed by atoms with Crippen molar-refractivity contribution in [3.05, 3.63) is 29.8 Å². The molecular formula is C15H19F3N2O3. The van der Waals surface area contributed by atoms with Gasteiger partial charge < -0.3 is 15.2 Å². The molecule has 1 aliphatic rings. The molecule has 1 heterocycles. The molecule has 1 aromatic carbocycles. The van der Waals surface area contributed by atoms with Crippen molar-refractivity contribution in [3.8, 4) is 0 Å². The van der Waals surface area contributed by atoms with Crippen molar-refractivity contribution in [1.29, 1.82) is 0 Å². The highest BCUT2D eigenvalue weighted by atomic mass is 19.4. The molecule has 0 radical (unpaired) electrons. The van der Waals surface area contributed by atoms with Crippen LogP contribution in [0.5, 0.6) is 0 Å². The number of aliphatic hydroxyl groups is 1. The van der Waals surface area contributed by atoms with Gasteiger partial charge in [-0.2, -0.15) is 13.2 Å². The Morgan fingerprint density at radius 1 is 1.26 bits per heavy atom. The first kappa shape index (κ1) is 17.7. The number of halogens is 3. The molecular weight excluding hydrogens is 313 g/mol. The smallest absolute Gasteiger partial charge is 0.388 e. The summed E-state index contributed by atoms with van der Waals surface area (Å²) in [5, 5.41) is 11.9. The van der Waals surface area contributed by atoms with Crippen molar-refractivity contribution < 1.29 is 27.8 Å². The molecule has 1 amide bonds. The second-order valence-electron chi connectivity index (χ2n) is 5.33. The van der Waals surface area contributed by atoms with Gasteiger partial charge in [0.1, 0.15) is 0 Å². The van der Waals surface area contributed by atoms with E-state index in [9.17, 15) is 23.1 Å². The molecule has 1 fully saturated rings. The van der Waals surface area contributed by atoms with Crippen molar-refractivity contribution in [2.24, 2.45) is 0 Å². The van der Waals surface area contributed by atoms with Crippen molar-refractivity contribution in [2.75, 3.05) is 38.2 Å². The molecule has 0 bridgehead atoms. The number of alkyl halides is 3. The highest BCUT2D eigenvalue weighted by molar-refractivity contribution is 5.94. The van der Waals surface area contributed by atoms with Crippen LogP contribution in [-0.4, -0.2) is 54.9 Å². The van der Waals surface area contributed by atoms with Crippen LogP contribution in [0, 0.1) is 0 Å². The third-order valence-corrected chi connectivity index (χ3v) is 3.63. The average Bonchev–Trinajstić information content (AvgIpc) is 2.53. The first-order valence-corrected chi connectivity index (χ1v) is 7.32. The van der Waals surface area contributed by atoms with Crippen molar-refractivity contribution in [2.45, 2.75) is 18.7 Å². The zero-order valence-electron chi connectivity index (χ0n) is 12.5. The molecule has 2 rings (SSSR count). The number of hydrogen-bond acceptors (Lipinski definition) is 4. The summed E-state index contributed by atoms with van der Waals surface area (Å²) in [5.74, 6) is -2.02. The quantitative estimate of drug-likeness (QED) is 0.865. The molecule has 23 heavy (non-hydrogen) atoms. The Morgan fingerprint density at radius 2 is 1.87 bits per heavy atom. The Balaban J connectivity index is 1.84. The Hall–Kier alpha value is -1.64. The molecule has 0 aromatic heterocycles. The van der Waals surface area contributed by atoms with E-state index in [2.05, 4.69) is 4.90 Å². The lowest BCUT2D eigenvalue weighted by Gasteiger charge is -2.27. The first-order chi connectivity index (χ1) is 10.9. The minimum atomic E-state index is -4.92. The fourth-order valence-corrected chi connectivity index (χ4v) is 2.29. The fourth-order valence-electron chi connectivity index (χ4n) is 2.29. The van der Waals surface area contributed by atoms with Crippen molar-refractivity contribution >= 4 is 11.6 Å². The second-order valence-corrected chi connectivity index (χ2v) is 5.33. The standard InChI is InChI=1S/C15H19F3N2O3/c16-15(17,18)14(22)19-12-3-1-11(2-4-12)13(21)5-6-20-7-9-23-10-8-20/h1-4,13,21H,5-10H2,(H,19,22). The predicted molar refractivity (Wildman–Crippen MR) is 78.0 cm³/mol. The second kappa shape index (κ2) is 7.76. The van der Waals surface area contributed by atoms with Gasteiger partial charge >= 0.3 is 12.1 Å². The van der Waals surface area contributed by atoms with Gasteiger partial charge in [0.05, 0.1) is 19.3 Å². The van der Waals surface area contributed by atoms with Crippen LogP contribution in [0.3, 0.4) is 0 Å². The van der Waals surface area contributed by atoms with Crippen LogP contribution in [0.15, 0.2) is 24.3 Å². The number of aliphatic hydroxyl groups excluding tert-OH is 1. The van der Waals surface area contributed by atoms with Gasteiger partial charge in [0.15, 0.2) is 0 Å². The van der Waals surface area contributed by atoms with Gasteiger partial charge in [-0.3, -0.25) is 9.69 Å². The molecule has 128 valence electrons. The minimum Gasteiger partial charge on any atom is -0.388 e. The summed E-state index contributed by atoms with van der Waals surface area (Å²) in [6.07, 6.45) is -5.10. The van der Waals surface area contributed by atoms with Gasteiger partial charge in [-0.15, -0.1) is 0 Å². The molecule has 0 saturated carbocycles. The number of nitrogens with one attached hydrogen (secondary N) is 1. The normalized spacial score (nSPS) is 17.7. The Morgan fingerprint density at radius 3 is 2.43 bits per heavy atom. The van der Waals surface area contributed by atoms with Crippen LogP contribution < -0.4 is 5.32 Å². The number of benzene rings is 1. The number of amides is 1. The van der Waals surface area contributed by atoms with Gasteiger partial charge in [0.2, 0.25) is 0 Å². The van der Waals surface area contributed by atoms with Crippen LogP contribution in [0.4, 0.5) is 18.9 Å². The minimum absolute atomic E-state index is 0.0384. The van der Waals surface area contributed by atoms with Gasteiger partial charge in [-0.1, -0.05) is 12.1 Å². The summed E-state index contributed by atoms with van der Waals surface area (Å²) in [6, 6.07) is 5.71. The van der Waals surface area contributed by atoms with Crippen LogP contribution >= 0.6 is 0 Å². The summed E-state index contributed by atoms with van der Waals surface area (Å²) in [6.45, 7) is 3.74. The van der Waals surface area contributed by atoms with Crippen molar-refractivity contribution in [1.82, 2.24) is 4.90 Å². The molecule has 0 aliphatic carbocycles. The fraction of sp³-hybridized carbons (Fsp3) is 0.533. The van der Waals surface area contributed by atoms with E-state index in [1.165, 1.54) is 24.3 Å². The first-order valence-electron chi connectivity index (χ1n) is 7.32. The Labute approximate surface area is 132 Å². The number of nitrogens with zero attached hydrogens (tertiary/aromatic N) is 1. The Bertz CT molecular complexity index is 514. The predicted octanol–water partition coefficient (Wildman–Crippen LogP) is 1.94. The van der Waals surface area contributed by atoms with Crippen LogP contribution in [0.2, 0.25) is 0 Å². The number of ether oxygens (including phenoxy) is 1. The molecule has 1 atom stereocenters. The van der Waals surface area contributed by atoms with Crippen LogP contribution in [-0.2, 0) is 9.53 Å². The van der Waals surface area contributed by atoms with Crippen LogP contribution in [0.25, 0.3) is 0 Å². The maximum absolute atomic E-state index is 12.2. The van der Waals surface area contributed by atoms with Gasteiger partial charge in [0, 0.05) is 25.3 Å². The SMILES string of the molecule is O=C(Nc1ccc(C(O)CCN2CCOCC2)cc1)C(F)(F)F. The van der Waals surface area contributed by atoms with E-state index in [1.807, 2.05) is 0 Å². The number of anilines is 1. The summed E-state index contributed by atoms with van der Waals surface area (Å²) in [4.78, 5) is 13.0. The van der Waals surface area contributed by atoms with Gasteiger partial charge in [-0.25, -0.2) is 0 Å². The number of rotatable bonds is 5. The molecule has 5 nitrogen and oxygen atoms in total. The molecule has 1 aromatic rings. The van der Waals surface area contributed by atoms with E-state index in [0.717, 1.165) is 19.6 Å². The third-order valence-electron chi connectivity index (χ3n) is 3.63. The highest BCUT2D eigenvalue weighted by Crippen LogP contribution is 2.22. The molecule has 0 spiro atoms. The monoisotopic (exact) mass is 332 g/mol. The van der Waals surface area contributed by atoms with Crippen molar-refractivity contribution in [3.63, 3.8) is 0 Å². The number of carbonyl (C=O) groups excluding carboxylic acids is 1.